The van der Waals surface area contributed by atoms with Crippen molar-refractivity contribution < 1.29 is 15.0 Å². The molecule has 3 N–H and O–H groups in total. The first-order valence-electron chi connectivity index (χ1n) is 7.26. The van der Waals surface area contributed by atoms with E-state index < -0.39 is 11.6 Å². The average molecular weight is 299 g/mol. The van der Waals surface area contributed by atoms with Gasteiger partial charge in [0, 0.05) is 0 Å². The molecule has 0 bridgehead atoms. The second kappa shape index (κ2) is 7.20. The fourth-order valence-corrected chi connectivity index (χ4v) is 2.38. The lowest BCUT2D eigenvalue weighted by Gasteiger charge is -2.25. The van der Waals surface area contributed by atoms with Gasteiger partial charge in [0.05, 0.1) is 24.7 Å². The molecule has 0 saturated carbocycles. The summed E-state index contributed by atoms with van der Waals surface area (Å²) in [4.78, 5) is 12.2. The molecule has 2 aromatic rings. The lowest BCUT2D eigenvalue weighted by atomic mass is 9.92. The minimum Gasteiger partial charge on any atom is -0.394 e. The SMILES string of the molecule is CC(O)(CC(=O)N[C@H](CO)c1ccccc1)c1ccccc1. The van der Waals surface area contributed by atoms with Crippen LogP contribution < -0.4 is 5.32 Å². The van der Waals surface area contributed by atoms with Crippen LogP contribution in [-0.4, -0.2) is 22.7 Å². The minimum absolute atomic E-state index is 0.0691. The summed E-state index contributed by atoms with van der Waals surface area (Å²) in [5.41, 5.74) is 0.269. The fourth-order valence-electron chi connectivity index (χ4n) is 2.38. The predicted octanol–water partition coefficient (Wildman–Crippen LogP) is 2.13. The van der Waals surface area contributed by atoms with Gasteiger partial charge in [0.2, 0.25) is 5.91 Å². The van der Waals surface area contributed by atoms with Crippen molar-refractivity contribution >= 4 is 5.91 Å². The van der Waals surface area contributed by atoms with Crippen molar-refractivity contribution in [3.8, 4) is 0 Å². The minimum atomic E-state index is -1.25. The zero-order valence-electron chi connectivity index (χ0n) is 12.6. The van der Waals surface area contributed by atoms with Crippen molar-refractivity contribution in [3.63, 3.8) is 0 Å². The van der Waals surface area contributed by atoms with E-state index in [1.807, 2.05) is 48.5 Å². The van der Waals surface area contributed by atoms with Gasteiger partial charge in [0.1, 0.15) is 0 Å². The first-order chi connectivity index (χ1) is 10.5. The molecular weight excluding hydrogens is 278 g/mol. The molecule has 0 aromatic heterocycles. The summed E-state index contributed by atoms with van der Waals surface area (Å²) < 4.78 is 0. The Balaban J connectivity index is 2.03. The number of hydrogen-bond donors (Lipinski definition) is 3. The number of benzene rings is 2. The van der Waals surface area contributed by atoms with Gasteiger partial charge in [0.15, 0.2) is 0 Å². The van der Waals surface area contributed by atoms with E-state index in [4.69, 9.17) is 0 Å². The summed E-state index contributed by atoms with van der Waals surface area (Å²) in [7, 11) is 0. The molecule has 1 unspecified atom stereocenters. The zero-order chi connectivity index (χ0) is 16.0. The van der Waals surface area contributed by atoms with E-state index >= 15 is 0 Å². The van der Waals surface area contributed by atoms with Gasteiger partial charge in [-0.1, -0.05) is 60.7 Å². The Morgan fingerprint density at radius 3 is 2.18 bits per heavy atom. The summed E-state index contributed by atoms with van der Waals surface area (Å²) in [5, 5.41) is 22.7. The summed E-state index contributed by atoms with van der Waals surface area (Å²) >= 11 is 0. The average Bonchev–Trinajstić information content (AvgIpc) is 2.54. The molecule has 1 amide bonds. The number of aliphatic hydroxyl groups is 2. The summed E-state index contributed by atoms with van der Waals surface area (Å²) in [5.74, 6) is -0.309. The fraction of sp³-hybridized carbons (Fsp3) is 0.278. The molecule has 2 rings (SSSR count). The van der Waals surface area contributed by atoms with Crippen molar-refractivity contribution in [2.45, 2.75) is 25.0 Å². The van der Waals surface area contributed by atoms with E-state index in [2.05, 4.69) is 5.32 Å². The molecule has 0 aliphatic heterocycles. The lowest BCUT2D eigenvalue weighted by Crippen LogP contribution is -2.36. The Hall–Kier alpha value is -2.17. The lowest BCUT2D eigenvalue weighted by molar-refractivity contribution is -0.126. The van der Waals surface area contributed by atoms with E-state index in [1.165, 1.54) is 0 Å². The van der Waals surface area contributed by atoms with E-state index in [9.17, 15) is 15.0 Å². The second-order valence-electron chi connectivity index (χ2n) is 5.53. The van der Waals surface area contributed by atoms with Crippen LogP contribution in [0.15, 0.2) is 60.7 Å². The molecule has 0 radical (unpaired) electrons. The van der Waals surface area contributed by atoms with Crippen LogP contribution in [0.5, 0.6) is 0 Å². The molecule has 0 heterocycles. The third-order valence-electron chi connectivity index (χ3n) is 3.62. The first-order valence-corrected chi connectivity index (χ1v) is 7.26. The van der Waals surface area contributed by atoms with Crippen LogP contribution in [0, 0.1) is 0 Å². The van der Waals surface area contributed by atoms with E-state index in [1.54, 1.807) is 19.1 Å². The largest absolute Gasteiger partial charge is 0.394 e. The Kier molecular flexibility index (Phi) is 5.31. The highest BCUT2D eigenvalue weighted by atomic mass is 16.3. The van der Waals surface area contributed by atoms with Crippen LogP contribution in [0.25, 0.3) is 0 Å². The Morgan fingerprint density at radius 1 is 1.09 bits per heavy atom. The summed E-state index contributed by atoms with van der Waals surface area (Å²) in [6.45, 7) is 1.42. The molecule has 22 heavy (non-hydrogen) atoms. The van der Waals surface area contributed by atoms with Crippen LogP contribution >= 0.6 is 0 Å². The molecule has 0 spiro atoms. The first kappa shape index (κ1) is 16.2. The van der Waals surface area contributed by atoms with E-state index in [0.29, 0.717) is 5.56 Å². The van der Waals surface area contributed by atoms with Crippen molar-refractivity contribution in [2.24, 2.45) is 0 Å². The van der Waals surface area contributed by atoms with Gasteiger partial charge >= 0.3 is 0 Å². The number of nitrogens with one attached hydrogen (secondary N) is 1. The highest BCUT2D eigenvalue weighted by Gasteiger charge is 2.27. The second-order valence-corrected chi connectivity index (χ2v) is 5.53. The number of rotatable bonds is 6. The van der Waals surface area contributed by atoms with Gasteiger partial charge in [-0.25, -0.2) is 0 Å². The highest BCUT2D eigenvalue weighted by molar-refractivity contribution is 5.77. The number of carbonyl (C=O) groups is 1. The molecule has 0 aliphatic carbocycles. The molecular formula is C18H21NO3. The van der Waals surface area contributed by atoms with Crippen LogP contribution in [0.3, 0.4) is 0 Å². The van der Waals surface area contributed by atoms with Crippen LogP contribution in [0.4, 0.5) is 0 Å². The number of aliphatic hydroxyl groups excluding tert-OH is 1. The third kappa shape index (κ3) is 4.16. The van der Waals surface area contributed by atoms with Crippen LogP contribution in [0.1, 0.15) is 30.5 Å². The summed E-state index contributed by atoms with van der Waals surface area (Å²) in [6, 6.07) is 17.9. The van der Waals surface area contributed by atoms with Gasteiger partial charge in [-0.15, -0.1) is 0 Å². The van der Waals surface area contributed by atoms with Gasteiger partial charge in [-0.2, -0.15) is 0 Å². The molecule has 4 nitrogen and oxygen atoms in total. The zero-order valence-corrected chi connectivity index (χ0v) is 12.6. The third-order valence-corrected chi connectivity index (χ3v) is 3.62. The van der Waals surface area contributed by atoms with Crippen LogP contribution in [-0.2, 0) is 10.4 Å². The maximum absolute atomic E-state index is 12.2. The molecule has 116 valence electrons. The van der Waals surface area contributed by atoms with Crippen molar-refractivity contribution in [3.05, 3.63) is 71.8 Å². The number of hydrogen-bond acceptors (Lipinski definition) is 3. The molecule has 0 aliphatic rings. The smallest absolute Gasteiger partial charge is 0.223 e. The van der Waals surface area contributed by atoms with Crippen molar-refractivity contribution in [1.82, 2.24) is 5.32 Å². The maximum Gasteiger partial charge on any atom is 0.223 e. The molecule has 0 saturated heterocycles. The van der Waals surface area contributed by atoms with Crippen molar-refractivity contribution in [1.29, 1.82) is 0 Å². The normalized spacial score (nSPS) is 14.9. The quantitative estimate of drug-likeness (QED) is 0.765. The van der Waals surface area contributed by atoms with Crippen LogP contribution in [0.2, 0.25) is 0 Å². The van der Waals surface area contributed by atoms with Gasteiger partial charge in [-0.3, -0.25) is 4.79 Å². The Morgan fingerprint density at radius 2 is 1.64 bits per heavy atom. The standard InChI is InChI=1S/C18H21NO3/c1-18(22,15-10-6-3-7-11-15)12-17(21)19-16(13-20)14-8-4-2-5-9-14/h2-11,16,20,22H,12-13H2,1H3,(H,19,21)/t16-,18?/m1/s1. The molecule has 0 fully saturated rings. The van der Waals surface area contributed by atoms with Gasteiger partial charge < -0.3 is 15.5 Å². The Labute approximate surface area is 130 Å². The predicted molar refractivity (Wildman–Crippen MR) is 85.0 cm³/mol. The monoisotopic (exact) mass is 299 g/mol. The van der Waals surface area contributed by atoms with Gasteiger partial charge in [0.25, 0.3) is 0 Å². The highest BCUT2D eigenvalue weighted by Crippen LogP contribution is 2.24. The Bertz CT molecular complexity index is 596. The molecule has 4 heteroatoms. The maximum atomic E-state index is 12.2. The number of carbonyl (C=O) groups excluding carboxylic acids is 1. The van der Waals surface area contributed by atoms with Crippen molar-refractivity contribution in [2.75, 3.05) is 6.61 Å². The molecule has 2 atom stereocenters. The molecule has 2 aromatic carbocycles. The summed E-state index contributed by atoms with van der Waals surface area (Å²) in [6.07, 6.45) is -0.0691. The topological polar surface area (TPSA) is 69.6 Å². The van der Waals surface area contributed by atoms with E-state index in [-0.39, 0.29) is 18.9 Å². The number of amides is 1. The van der Waals surface area contributed by atoms with Gasteiger partial charge in [-0.05, 0) is 18.1 Å². The van der Waals surface area contributed by atoms with E-state index in [0.717, 1.165) is 5.56 Å².